The van der Waals surface area contributed by atoms with Gasteiger partial charge in [-0.1, -0.05) is 18.2 Å². The lowest BCUT2D eigenvalue weighted by atomic mass is 10.0. The largest absolute Gasteiger partial charge is 0.313 e. The minimum Gasteiger partial charge on any atom is -0.313 e. The van der Waals surface area contributed by atoms with E-state index in [1.807, 2.05) is 30.8 Å². The molecular weight excluding hydrogens is 241 g/mol. The molecule has 0 aliphatic carbocycles. The van der Waals surface area contributed by atoms with E-state index in [4.69, 9.17) is 0 Å². The first-order valence-corrected chi connectivity index (χ1v) is 6.60. The molecule has 0 bridgehead atoms. The minimum atomic E-state index is -0.166. The predicted molar refractivity (Wildman–Crippen MR) is 74.5 cm³/mol. The molecule has 0 saturated carbocycles. The highest BCUT2D eigenvalue weighted by atomic mass is 19.1. The Bertz CT molecular complexity index is 548. The third kappa shape index (κ3) is 3.01. The molecule has 102 valence electrons. The second-order valence-electron chi connectivity index (χ2n) is 4.66. The van der Waals surface area contributed by atoms with Gasteiger partial charge in [0.2, 0.25) is 0 Å². The van der Waals surface area contributed by atoms with Crippen LogP contribution in [0.15, 0.2) is 30.3 Å². The highest BCUT2D eigenvalue weighted by Crippen LogP contribution is 2.21. The van der Waals surface area contributed by atoms with Crippen molar-refractivity contribution < 1.29 is 4.39 Å². The standard InChI is InChI=1S/C15H20FN3/c1-4-19-12(9-11(2)18-19)10-15(17-3)13-7-5-6-8-14(13)16/h5-9,15,17H,4,10H2,1-3H3. The van der Waals surface area contributed by atoms with Gasteiger partial charge in [0.15, 0.2) is 0 Å². The molecule has 3 nitrogen and oxygen atoms in total. The minimum absolute atomic E-state index is 0.0393. The summed E-state index contributed by atoms with van der Waals surface area (Å²) in [6.45, 7) is 4.87. The summed E-state index contributed by atoms with van der Waals surface area (Å²) in [5.41, 5.74) is 2.83. The molecule has 0 aliphatic heterocycles. The molecule has 0 radical (unpaired) electrons. The van der Waals surface area contributed by atoms with Gasteiger partial charge in [0.25, 0.3) is 0 Å². The van der Waals surface area contributed by atoms with E-state index < -0.39 is 0 Å². The van der Waals surface area contributed by atoms with Crippen LogP contribution in [0.5, 0.6) is 0 Å². The van der Waals surface area contributed by atoms with Gasteiger partial charge < -0.3 is 5.32 Å². The number of aromatic nitrogens is 2. The SMILES string of the molecule is CCn1nc(C)cc1CC(NC)c1ccccc1F. The van der Waals surface area contributed by atoms with Crippen LogP contribution in [0.4, 0.5) is 4.39 Å². The van der Waals surface area contributed by atoms with E-state index in [1.165, 1.54) is 6.07 Å². The maximum Gasteiger partial charge on any atom is 0.127 e. The van der Waals surface area contributed by atoms with Crippen molar-refractivity contribution in [2.24, 2.45) is 0 Å². The second kappa shape index (κ2) is 5.97. The summed E-state index contributed by atoms with van der Waals surface area (Å²) in [5.74, 6) is -0.166. The second-order valence-corrected chi connectivity index (χ2v) is 4.66. The molecule has 0 spiro atoms. The van der Waals surface area contributed by atoms with E-state index in [1.54, 1.807) is 6.07 Å². The molecule has 2 aromatic rings. The van der Waals surface area contributed by atoms with Crippen molar-refractivity contribution in [1.29, 1.82) is 0 Å². The van der Waals surface area contributed by atoms with Crippen molar-refractivity contribution in [2.75, 3.05) is 7.05 Å². The number of nitrogens with one attached hydrogen (secondary N) is 1. The Balaban J connectivity index is 2.26. The van der Waals surface area contributed by atoms with Crippen molar-refractivity contribution in [3.63, 3.8) is 0 Å². The topological polar surface area (TPSA) is 29.9 Å². The summed E-state index contributed by atoms with van der Waals surface area (Å²) < 4.78 is 15.8. The number of nitrogens with zero attached hydrogens (tertiary/aromatic N) is 2. The molecule has 2 rings (SSSR count). The third-order valence-electron chi connectivity index (χ3n) is 3.33. The number of hydrogen-bond acceptors (Lipinski definition) is 2. The van der Waals surface area contributed by atoms with Crippen LogP contribution < -0.4 is 5.32 Å². The van der Waals surface area contributed by atoms with Gasteiger partial charge in [0, 0.05) is 30.3 Å². The molecule has 4 heteroatoms. The molecule has 0 amide bonds. The molecule has 1 aromatic heterocycles. The molecule has 1 aromatic carbocycles. The van der Waals surface area contributed by atoms with Crippen LogP contribution in [0.3, 0.4) is 0 Å². The van der Waals surface area contributed by atoms with E-state index in [0.717, 1.165) is 24.4 Å². The van der Waals surface area contributed by atoms with Crippen molar-refractivity contribution in [3.8, 4) is 0 Å². The van der Waals surface area contributed by atoms with E-state index in [0.29, 0.717) is 5.56 Å². The van der Waals surface area contributed by atoms with Crippen molar-refractivity contribution in [3.05, 3.63) is 53.1 Å². The highest BCUT2D eigenvalue weighted by Gasteiger charge is 2.16. The average molecular weight is 261 g/mol. The van der Waals surface area contributed by atoms with Gasteiger partial charge in [-0.3, -0.25) is 4.68 Å². The van der Waals surface area contributed by atoms with Crippen molar-refractivity contribution >= 4 is 0 Å². The molecule has 1 atom stereocenters. The summed E-state index contributed by atoms with van der Waals surface area (Å²) >= 11 is 0. The zero-order valence-electron chi connectivity index (χ0n) is 11.7. The average Bonchev–Trinajstić information content (AvgIpc) is 2.77. The van der Waals surface area contributed by atoms with Crippen LogP contribution >= 0.6 is 0 Å². The number of benzene rings is 1. The Morgan fingerprint density at radius 2 is 2.11 bits per heavy atom. The van der Waals surface area contributed by atoms with Crippen LogP contribution in [0, 0.1) is 12.7 Å². The summed E-state index contributed by atoms with van der Waals surface area (Å²) in [6.07, 6.45) is 0.728. The van der Waals surface area contributed by atoms with Crippen LogP contribution in [0.1, 0.15) is 29.9 Å². The van der Waals surface area contributed by atoms with Crippen molar-refractivity contribution in [1.82, 2.24) is 15.1 Å². The Morgan fingerprint density at radius 3 is 2.74 bits per heavy atom. The van der Waals surface area contributed by atoms with Crippen molar-refractivity contribution in [2.45, 2.75) is 32.9 Å². The van der Waals surface area contributed by atoms with Gasteiger partial charge in [0.1, 0.15) is 5.82 Å². The fourth-order valence-corrected chi connectivity index (χ4v) is 2.37. The van der Waals surface area contributed by atoms with E-state index in [2.05, 4.69) is 23.4 Å². The van der Waals surface area contributed by atoms with E-state index in [-0.39, 0.29) is 11.9 Å². The smallest absolute Gasteiger partial charge is 0.127 e. The maximum atomic E-state index is 13.9. The van der Waals surface area contributed by atoms with Crippen LogP contribution in [0.25, 0.3) is 0 Å². The number of hydrogen-bond donors (Lipinski definition) is 1. The van der Waals surface area contributed by atoms with E-state index in [9.17, 15) is 4.39 Å². The van der Waals surface area contributed by atoms with Gasteiger partial charge in [-0.25, -0.2) is 4.39 Å². The maximum absolute atomic E-state index is 13.9. The summed E-state index contributed by atoms with van der Waals surface area (Å²) in [5, 5.41) is 7.61. The number of aryl methyl sites for hydroxylation is 2. The number of likely N-dealkylation sites (N-methyl/N-ethyl adjacent to an activating group) is 1. The summed E-state index contributed by atoms with van der Waals surface area (Å²) in [7, 11) is 1.86. The number of rotatable bonds is 5. The fraction of sp³-hybridized carbons (Fsp3) is 0.400. The molecule has 1 heterocycles. The Kier molecular flexibility index (Phi) is 4.32. The highest BCUT2D eigenvalue weighted by molar-refractivity contribution is 5.23. The third-order valence-corrected chi connectivity index (χ3v) is 3.33. The fourth-order valence-electron chi connectivity index (χ4n) is 2.37. The predicted octanol–water partition coefficient (Wildman–Crippen LogP) is 2.85. The lowest BCUT2D eigenvalue weighted by molar-refractivity contribution is 0.510. The molecule has 19 heavy (non-hydrogen) atoms. The molecule has 0 saturated heterocycles. The Morgan fingerprint density at radius 1 is 1.37 bits per heavy atom. The lowest BCUT2D eigenvalue weighted by Gasteiger charge is -2.17. The molecule has 0 aliphatic rings. The molecule has 1 N–H and O–H groups in total. The normalized spacial score (nSPS) is 12.6. The van der Waals surface area contributed by atoms with Crippen LogP contribution in [-0.4, -0.2) is 16.8 Å². The lowest BCUT2D eigenvalue weighted by Crippen LogP contribution is -2.21. The first-order chi connectivity index (χ1) is 9.15. The Hall–Kier alpha value is -1.68. The zero-order chi connectivity index (χ0) is 13.8. The van der Waals surface area contributed by atoms with Crippen LogP contribution in [0.2, 0.25) is 0 Å². The van der Waals surface area contributed by atoms with Crippen LogP contribution in [-0.2, 0) is 13.0 Å². The monoisotopic (exact) mass is 261 g/mol. The first kappa shape index (κ1) is 13.7. The quantitative estimate of drug-likeness (QED) is 0.897. The molecular formula is C15H20FN3. The first-order valence-electron chi connectivity index (χ1n) is 6.60. The summed E-state index contributed by atoms with van der Waals surface area (Å²) in [4.78, 5) is 0. The van der Waals surface area contributed by atoms with Gasteiger partial charge >= 0.3 is 0 Å². The molecule has 1 unspecified atom stereocenters. The van der Waals surface area contributed by atoms with Gasteiger partial charge in [-0.05, 0) is 33.0 Å². The van der Waals surface area contributed by atoms with Gasteiger partial charge in [-0.15, -0.1) is 0 Å². The van der Waals surface area contributed by atoms with Gasteiger partial charge in [-0.2, -0.15) is 5.10 Å². The van der Waals surface area contributed by atoms with Gasteiger partial charge in [0.05, 0.1) is 5.69 Å². The summed E-state index contributed by atoms with van der Waals surface area (Å²) in [6, 6.07) is 8.94. The molecule has 0 fully saturated rings. The zero-order valence-corrected chi connectivity index (χ0v) is 11.7. The van der Waals surface area contributed by atoms with E-state index >= 15 is 0 Å². The Labute approximate surface area is 113 Å². The number of halogens is 1.